The van der Waals surface area contributed by atoms with Crippen molar-refractivity contribution in [1.82, 2.24) is 9.21 Å². The van der Waals surface area contributed by atoms with Crippen LogP contribution in [-0.4, -0.2) is 50.8 Å². The summed E-state index contributed by atoms with van der Waals surface area (Å²) in [5.74, 6) is 1.17. The molecule has 7 heteroatoms. The van der Waals surface area contributed by atoms with E-state index in [2.05, 4.69) is 6.92 Å². The number of piperidine rings is 1. The average molecular weight is 417 g/mol. The number of benzene rings is 2. The van der Waals surface area contributed by atoms with Crippen molar-refractivity contribution in [2.75, 3.05) is 27.2 Å². The van der Waals surface area contributed by atoms with Gasteiger partial charge < -0.3 is 9.64 Å². The second-order valence-corrected chi connectivity index (χ2v) is 9.56. The van der Waals surface area contributed by atoms with E-state index in [1.807, 2.05) is 24.3 Å². The third-order valence-electron chi connectivity index (χ3n) is 5.41. The first kappa shape index (κ1) is 21.3. The fraction of sp³-hybridized carbons (Fsp3) is 0.409. The van der Waals surface area contributed by atoms with E-state index in [-0.39, 0.29) is 10.8 Å². The standard InChI is InChI=1S/C22H28N2O4S/c1-17-12-14-24(15-13-17)29(26,27)21-10-6-19(7-11-21)22(25)23(2)16-18-4-8-20(28-3)9-5-18/h4-11,17H,12-16H2,1-3H3. The highest BCUT2D eigenvalue weighted by molar-refractivity contribution is 7.89. The summed E-state index contributed by atoms with van der Waals surface area (Å²) in [6, 6.07) is 13.8. The lowest BCUT2D eigenvalue weighted by molar-refractivity contribution is 0.0785. The van der Waals surface area contributed by atoms with Gasteiger partial charge in [-0.25, -0.2) is 8.42 Å². The molecule has 6 nitrogen and oxygen atoms in total. The Bertz CT molecular complexity index is 932. The van der Waals surface area contributed by atoms with Gasteiger partial charge in [0.15, 0.2) is 0 Å². The first-order valence-corrected chi connectivity index (χ1v) is 11.2. The number of methoxy groups -OCH3 is 1. The van der Waals surface area contributed by atoms with Gasteiger partial charge in [-0.15, -0.1) is 0 Å². The van der Waals surface area contributed by atoms with Gasteiger partial charge in [0.1, 0.15) is 5.75 Å². The number of ether oxygens (including phenoxy) is 1. The monoisotopic (exact) mass is 416 g/mol. The second kappa shape index (κ2) is 8.97. The Balaban J connectivity index is 1.67. The number of carbonyl (C=O) groups excluding carboxylic acids is 1. The van der Waals surface area contributed by atoms with E-state index in [1.165, 1.54) is 12.1 Å². The summed E-state index contributed by atoms with van der Waals surface area (Å²) in [5.41, 5.74) is 1.45. The maximum atomic E-state index is 12.8. The van der Waals surface area contributed by atoms with Crippen molar-refractivity contribution in [2.24, 2.45) is 5.92 Å². The highest BCUT2D eigenvalue weighted by Gasteiger charge is 2.28. The Morgan fingerprint density at radius 3 is 2.21 bits per heavy atom. The minimum atomic E-state index is -3.51. The molecule has 1 amide bonds. The van der Waals surface area contributed by atoms with E-state index in [0.29, 0.717) is 31.1 Å². The van der Waals surface area contributed by atoms with Crippen molar-refractivity contribution >= 4 is 15.9 Å². The summed E-state index contributed by atoms with van der Waals surface area (Å²) in [5, 5.41) is 0. The Hall–Kier alpha value is -2.38. The van der Waals surface area contributed by atoms with Crippen LogP contribution in [0.25, 0.3) is 0 Å². The molecular formula is C22H28N2O4S. The molecular weight excluding hydrogens is 388 g/mol. The second-order valence-electron chi connectivity index (χ2n) is 7.62. The largest absolute Gasteiger partial charge is 0.497 e. The van der Waals surface area contributed by atoms with Gasteiger partial charge in [-0.3, -0.25) is 4.79 Å². The molecule has 1 aliphatic heterocycles. The van der Waals surface area contributed by atoms with Gasteiger partial charge in [-0.1, -0.05) is 19.1 Å². The average Bonchev–Trinajstić information content (AvgIpc) is 2.74. The van der Waals surface area contributed by atoms with Crippen molar-refractivity contribution < 1.29 is 17.9 Å². The molecule has 1 aliphatic rings. The minimum Gasteiger partial charge on any atom is -0.497 e. The quantitative estimate of drug-likeness (QED) is 0.724. The third-order valence-corrected chi connectivity index (χ3v) is 7.32. The smallest absolute Gasteiger partial charge is 0.253 e. The normalized spacial score (nSPS) is 15.8. The van der Waals surface area contributed by atoms with Crippen molar-refractivity contribution in [3.05, 3.63) is 59.7 Å². The lowest BCUT2D eigenvalue weighted by atomic mass is 10.0. The zero-order valence-electron chi connectivity index (χ0n) is 17.2. The third kappa shape index (κ3) is 4.97. The zero-order chi connectivity index (χ0) is 21.0. The van der Waals surface area contributed by atoms with Crippen LogP contribution in [0.5, 0.6) is 5.75 Å². The van der Waals surface area contributed by atoms with Crippen molar-refractivity contribution in [3.8, 4) is 5.75 Å². The van der Waals surface area contributed by atoms with Crippen molar-refractivity contribution in [1.29, 1.82) is 0 Å². The molecule has 0 bridgehead atoms. The molecule has 0 radical (unpaired) electrons. The molecule has 1 fully saturated rings. The highest BCUT2D eigenvalue weighted by Crippen LogP contribution is 2.24. The van der Waals surface area contributed by atoms with E-state index >= 15 is 0 Å². The molecule has 0 saturated carbocycles. The Kier molecular flexibility index (Phi) is 6.59. The molecule has 0 aliphatic carbocycles. The van der Waals surface area contributed by atoms with E-state index in [9.17, 15) is 13.2 Å². The molecule has 29 heavy (non-hydrogen) atoms. The molecule has 1 saturated heterocycles. The van der Waals surface area contributed by atoms with Crippen LogP contribution in [-0.2, 0) is 16.6 Å². The topological polar surface area (TPSA) is 66.9 Å². The number of nitrogens with zero attached hydrogens (tertiary/aromatic N) is 2. The van der Waals surface area contributed by atoms with Gasteiger partial charge in [-0.05, 0) is 60.7 Å². The molecule has 0 aromatic heterocycles. The number of amides is 1. The summed E-state index contributed by atoms with van der Waals surface area (Å²) >= 11 is 0. The fourth-order valence-corrected chi connectivity index (χ4v) is 4.91. The number of rotatable bonds is 6. The van der Waals surface area contributed by atoms with E-state index in [4.69, 9.17) is 4.74 Å². The lowest BCUT2D eigenvalue weighted by Gasteiger charge is -2.29. The molecule has 0 atom stereocenters. The van der Waals surface area contributed by atoms with Crippen LogP contribution in [0.1, 0.15) is 35.7 Å². The summed E-state index contributed by atoms with van der Waals surface area (Å²) in [7, 11) is -0.167. The van der Waals surface area contributed by atoms with E-state index in [0.717, 1.165) is 24.2 Å². The van der Waals surface area contributed by atoms with Crippen LogP contribution in [0.3, 0.4) is 0 Å². The van der Waals surface area contributed by atoms with Crippen LogP contribution in [0.2, 0.25) is 0 Å². The lowest BCUT2D eigenvalue weighted by Crippen LogP contribution is -2.37. The van der Waals surface area contributed by atoms with Crippen LogP contribution in [0, 0.1) is 5.92 Å². The van der Waals surface area contributed by atoms with Gasteiger partial charge in [0.2, 0.25) is 10.0 Å². The predicted octanol–water partition coefficient (Wildman–Crippen LogP) is 3.39. The van der Waals surface area contributed by atoms with Crippen molar-refractivity contribution in [3.63, 3.8) is 0 Å². The number of sulfonamides is 1. The Morgan fingerprint density at radius 2 is 1.66 bits per heavy atom. The molecule has 1 heterocycles. The summed E-state index contributed by atoms with van der Waals surface area (Å²) in [6.45, 7) is 3.70. The SMILES string of the molecule is COc1ccc(CN(C)C(=O)c2ccc(S(=O)(=O)N3CCC(C)CC3)cc2)cc1. The molecule has 0 N–H and O–H groups in total. The molecule has 0 unspecified atom stereocenters. The molecule has 3 rings (SSSR count). The van der Waals surface area contributed by atoms with Crippen LogP contribution in [0.4, 0.5) is 0 Å². The summed E-state index contributed by atoms with van der Waals surface area (Å²) in [6.07, 6.45) is 1.76. The minimum absolute atomic E-state index is 0.156. The number of hydrogen-bond donors (Lipinski definition) is 0. The first-order chi connectivity index (χ1) is 13.8. The number of carbonyl (C=O) groups is 1. The van der Waals surface area contributed by atoms with Gasteiger partial charge in [0.25, 0.3) is 5.91 Å². The van der Waals surface area contributed by atoms with Gasteiger partial charge in [0.05, 0.1) is 12.0 Å². The highest BCUT2D eigenvalue weighted by atomic mass is 32.2. The molecule has 0 spiro atoms. The van der Waals surface area contributed by atoms with Gasteiger partial charge in [-0.2, -0.15) is 4.31 Å². The summed E-state index contributed by atoms with van der Waals surface area (Å²) in [4.78, 5) is 14.6. The fourth-order valence-electron chi connectivity index (χ4n) is 3.44. The van der Waals surface area contributed by atoms with E-state index < -0.39 is 10.0 Å². The molecule has 156 valence electrons. The Morgan fingerprint density at radius 1 is 1.07 bits per heavy atom. The van der Waals surface area contributed by atoms with E-state index in [1.54, 1.807) is 35.5 Å². The summed E-state index contributed by atoms with van der Waals surface area (Å²) < 4.78 is 32.3. The van der Waals surface area contributed by atoms with Crippen LogP contribution >= 0.6 is 0 Å². The van der Waals surface area contributed by atoms with Crippen LogP contribution in [0.15, 0.2) is 53.4 Å². The first-order valence-electron chi connectivity index (χ1n) is 9.80. The Labute approximate surface area is 173 Å². The predicted molar refractivity (Wildman–Crippen MR) is 112 cm³/mol. The maximum absolute atomic E-state index is 12.8. The van der Waals surface area contributed by atoms with Gasteiger partial charge in [0, 0.05) is 32.2 Å². The molecule has 2 aromatic carbocycles. The molecule has 2 aromatic rings. The van der Waals surface area contributed by atoms with Crippen LogP contribution < -0.4 is 4.74 Å². The number of hydrogen-bond acceptors (Lipinski definition) is 4. The maximum Gasteiger partial charge on any atom is 0.253 e. The van der Waals surface area contributed by atoms with Gasteiger partial charge >= 0.3 is 0 Å². The van der Waals surface area contributed by atoms with Crippen molar-refractivity contribution in [2.45, 2.75) is 31.2 Å². The zero-order valence-corrected chi connectivity index (χ0v) is 18.0.